The number of benzene rings is 2. The number of rotatable bonds is 9. The monoisotopic (exact) mass is 408 g/mol. The van der Waals surface area contributed by atoms with Crippen LogP contribution in [0.25, 0.3) is 0 Å². The lowest BCUT2D eigenvalue weighted by Gasteiger charge is -2.21. The number of hydrogen-bond donors (Lipinski definition) is 1. The molecule has 3 rings (SSSR count). The molecule has 1 amide bonds. The van der Waals surface area contributed by atoms with Crippen LogP contribution in [0.5, 0.6) is 11.5 Å². The molecule has 0 saturated heterocycles. The summed E-state index contributed by atoms with van der Waals surface area (Å²) in [7, 11) is 0. The molecule has 0 bridgehead atoms. The zero-order chi connectivity index (χ0) is 21.2. The fourth-order valence-electron chi connectivity index (χ4n) is 3.34. The summed E-state index contributed by atoms with van der Waals surface area (Å²) in [6.45, 7) is 0.101. The van der Waals surface area contributed by atoms with E-state index in [1.807, 2.05) is 30.3 Å². The standard InChI is InChI=1S/C23H24N2O5/c24-17-23(12-6-7-13-23)25-21(26)16-30-22(27)19-10-4-5-11-20(19)29-15-14-28-18-8-2-1-3-9-18/h1-5,8-11H,6-7,12-16H2,(H,25,26). The number of esters is 1. The number of hydrogen-bond acceptors (Lipinski definition) is 6. The fraction of sp³-hybridized carbons (Fsp3) is 0.348. The van der Waals surface area contributed by atoms with Gasteiger partial charge in [-0.2, -0.15) is 5.26 Å². The van der Waals surface area contributed by atoms with Gasteiger partial charge in [-0.05, 0) is 49.9 Å². The van der Waals surface area contributed by atoms with Crippen LogP contribution in [-0.4, -0.2) is 37.2 Å². The number of nitrogens with zero attached hydrogens (tertiary/aromatic N) is 1. The maximum absolute atomic E-state index is 12.4. The summed E-state index contributed by atoms with van der Waals surface area (Å²) in [6.07, 6.45) is 3.02. The van der Waals surface area contributed by atoms with E-state index in [4.69, 9.17) is 14.2 Å². The maximum atomic E-state index is 12.4. The maximum Gasteiger partial charge on any atom is 0.342 e. The number of carbonyl (C=O) groups excluding carboxylic acids is 2. The number of para-hydroxylation sites is 2. The highest BCUT2D eigenvalue weighted by molar-refractivity contribution is 5.94. The van der Waals surface area contributed by atoms with Gasteiger partial charge in [0, 0.05) is 0 Å². The Bertz CT molecular complexity index is 901. The molecule has 0 spiro atoms. The van der Waals surface area contributed by atoms with Crippen LogP contribution in [0.1, 0.15) is 36.0 Å². The van der Waals surface area contributed by atoms with Crippen LogP contribution < -0.4 is 14.8 Å². The molecule has 156 valence electrons. The molecule has 0 aromatic heterocycles. The molecule has 0 radical (unpaired) electrons. The van der Waals surface area contributed by atoms with Crippen molar-refractivity contribution in [2.75, 3.05) is 19.8 Å². The minimum absolute atomic E-state index is 0.223. The van der Waals surface area contributed by atoms with Gasteiger partial charge in [0.2, 0.25) is 0 Å². The van der Waals surface area contributed by atoms with Crippen molar-refractivity contribution in [3.63, 3.8) is 0 Å². The van der Waals surface area contributed by atoms with Crippen molar-refractivity contribution >= 4 is 11.9 Å². The highest BCUT2D eigenvalue weighted by atomic mass is 16.5. The number of ether oxygens (including phenoxy) is 3. The topological polar surface area (TPSA) is 97.7 Å². The van der Waals surface area contributed by atoms with E-state index in [1.165, 1.54) is 0 Å². The Balaban J connectivity index is 1.48. The highest BCUT2D eigenvalue weighted by Gasteiger charge is 2.35. The van der Waals surface area contributed by atoms with Crippen molar-refractivity contribution in [3.8, 4) is 17.6 Å². The first-order chi connectivity index (χ1) is 14.6. The molecule has 1 fully saturated rings. The van der Waals surface area contributed by atoms with Crippen molar-refractivity contribution in [3.05, 3.63) is 60.2 Å². The third kappa shape index (κ3) is 5.74. The average molecular weight is 408 g/mol. The van der Waals surface area contributed by atoms with E-state index in [1.54, 1.807) is 24.3 Å². The summed E-state index contributed by atoms with van der Waals surface area (Å²) in [5.74, 6) is -0.0651. The lowest BCUT2D eigenvalue weighted by molar-refractivity contribution is -0.125. The van der Waals surface area contributed by atoms with E-state index in [2.05, 4.69) is 11.4 Å². The smallest absolute Gasteiger partial charge is 0.342 e. The Morgan fingerprint density at radius 1 is 0.967 bits per heavy atom. The Kier molecular flexibility index (Phi) is 7.28. The summed E-state index contributed by atoms with van der Waals surface area (Å²) >= 11 is 0. The van der Waals surface area contributed by atoms with E-state index in [-0.39, 0.29) is 12.2 Å². The van der Waals surface area contributed by atoms with Crippen molar-refractivity contribution in [1.82, 2.24) is 5.32 Å². The molecule has 7 heteroatoms. The zero-order valence-corrected chi connectivity index (χ0v) is 16.6. The first-order valence-electron chi connectivity index (χ1n) is 9.91. The Morgan fingerprint density at radius 2 is 1.63 bits per heavy atom. The van der Waals surface area contributed by atoms with Crippen molar-refractivity contribution in [1.29, 1.82) is 5.26 Å². The first kappa shape index (κ1) is 21.2. The summed E-state index contributed by atoms with van der Waals surface area (Å²) in [6, 6.07) is 18.2. The predicted molar refractivity (Wildman–Crippen MR) is 109 cm³/mol. The second kappa shape index (κ2) is 10.3. The quantitative estimate of drug-likeness (QED) is 0.505. The number of amides is 1. The second-order valence-corrected chi connectivity index (χ2v) is 7.03. The van der Waals surface area contributed by atoms with Crippen LogP contribution >= 0.6 is 0 Å². The Labute approximate surface area is 175 Å². The van der Waals surface area contributed by atoms with Gasteiger partial charge >= 0.3 is 5.97 Å². The van der Waals surface area contributed by atoms with Crippen LogP contribution in [-0.2, 0) is 9.53 Å². The average Bonchev–Trinajstić information content (AvgIpc) is 3.25. The molecule has 0 heterocycles. The van der Waals surface area contributed by atoms with E-state index >= 15 is 0 Å². The van der Waals surface area contributed by atoms with Crippen LogP contribution in [0.3, 0.4) is 0 Å². The van der Waals surface area contributed by atoms with E-state index in [0.29, 0.717) is 25.2 Å². The normalized spacial score (nSPS) is 14.4. The molecule has 1 saturated carbocycles. The first-order valence-corrected chi connectivity index (χ1v) is 9.91. The number of carbonyl (C=O) groups is 2. The molecule has 30 heavy (non-hydrogen) atoms. The summed E-state index contributed by atoms with van der Waals surface area (Å²) in [4.78, 5) is 24.6. The van der Waals surface area contributed by atoms with Gasteiger partial charge in [-0.25, -0.2) is 4.79 Å². The fourth-order valence-corrected chi connectivity index (χ4v) is 3.34. The third-order valence-electron chi connectivity index (χ3n) is 4.84. The van der Waals surface area contributed by atoms with Gasteiger partial charge in [0.05, 0.1) is 6.07 Å². The minimum atomic E-state index is -0.844. The Hall–Kier alpha value is -3.53. The molecule has 7 nitrogen and oxygen atoms in total. The summed E-state index contributed by atoms with van der Waals surface area (Å²) in [5, 5.41) is 12.0. The van der Waals surface area contributed by atoms with Gasteiger partial charge in [-0.1, -0.05) is 30.3 Å². The van der Waals surface area contributed by atoms with Crippen LogP contribution in [0.15, 0.2) is 54.6 Å². The van der Waals surface area contributed by atoms with Gasteiger partial charge in [0.15, 0.2) is 6.61 Å². The van der Waals surface area contributed by atoms with E-state index < -0.39 is 24.0 Å². The molecular weight excluding hydrogens is 384 g/mol. The van der Waals surface area contributed by atoms with E-state index in [0.717, 1.165) is 18.6 Å². The van der Waals surface area contributed by atoms with Gasteiger partial charge in [-0.15, -0.1) is 0 Å². The lowest BCUT2D eigenvalue weighted by Crippen LogP contribution is -2.46. The highest BCUT2D eigenvalue weighted by Crippen LogP contribution is 2.28. The SMILES string of the molecule is N#CC1(NC(=O)COC(=O)c2ccccc2OCCOc2ccccc2)CCCC1. The van der Waals surface area contributed by atoms with Crippen LogP contribution in [0.4, 0.5) is 0 Å². The molecule has 1 aliphatic carbocycles. The van der Waals surface area contributed by atoms with Gasteiger partial charge in [0.25, 0.3) is 5.91 Å². The third-order valence-corrected chi connectivity index (χ3v) is 4.84. The number of nitrogens with one attached hydrogen (secondary N) is 1. The summed E-state index contributed by atoms with van der Waals surface area (Å²) in [5.41, 5.74) is -0.621. The van der Waals surface area contributed by atoms with Gasteiger partial charge in [-0.3, -0.25) is 4.79 Å². The molecule has 1 aliphatic rings. The van der Waals surface area contributed by atoms with Gasteiger partial charge < -0.3 is 19.5 Å². The second-order valence-electron chi connectivity index (χ2n) is 7.03. The zero-order valence-electron chi connectivity index (χ0n) is 16.6. The molecule has 0 atom stereocenters. The minimum Gasteiger partial charge on any atom is -0.490 e. The van der Waals surface area contributed by atoms with Gasteiger partial charge in [0.1, 0.15) is 35.8 Å². The molecule has 1 N–H and O–H groups in total. The van der Waals surface area contributed by atoms with Crippen LogP contribution in [0, 0.1) is 11.3 Å². The lowest BCUT2D eigenvalue weighted by atomic mass is 10.00. The van der Waals surface area contributed by atoms with Crippen LogP contribution in [0.2, 0.25) is 0 Å². The van der Waals surface area contributed by atoms with E-state index in [9.17, 15) is 14.9 Å². The molecular formula is C23H24N2O5. The van der Waals surface area contributed by atoms with Crippen molar-refractivity contribution in [2.45, 2.75) is 31.2 Å². The largest absolute Gasteiger partial charge is 0.490 e. The summed E-state index contributed by atoms with van der Waals surface area (Å²) < 4.78 is 16.4. The molecule has 2 aromatic carbocycles. The molecule has 2 aromatic rings. The number of nitriles is 1. The van der Waals surface area contributed by atoms with Crippen molar-refractivity contribution < 1.29 is 23.8 Å². The van der Waals surface area contributed by atoms with Crippen molar-refractivity contribution in [2.24, 2.45) is 0 Å². The Morgan fingerprint density at radius 3 is 2.37 bits per heavy atom. The predicted octanol–water partition coefficient (Wildman–Crippen LogP) is 3.25. The molecule has 0 aliphatic heterocycles. The molecule has 0 unspecified atom stereocenters.